The van der Waals surface area contributed by atoms with Gasteiger partial charge in [-0.2, -0.15) is 0 Å². The van der Waals surface area contributed by atoms with Crippen molar-refractivity contribution in [1.29, 1.82) is 0 Å². The molecular formula is C17H12N2O2. The fourth-order valence-electron chi connectivity index (χ4n) is 2.41. The molecule has 3 aromatic rings. The molecule has 0 fully saturated rings. The molecule has 0 atom stereocenters. The monoisotopic (exact) mass is 276 g/mol. The minimum atomic E-state index is -0.457. The number of rotatable bonds is 2. The Morgan fingerprint density at radius 3 is 2.62 bits per heavy atom. The topological polar surface area (TPSA) is 44.2 Å². The second-order valence-electron chi connectivity index (χ2n) is 4.71. The van der Waals surface area contributed by atoms with Gasteiger partial charge in [-0.3, -0.25) is 4.98 Å². The molecule has 21 heavy (non-hydrogen) atoms. The SMILES string of the molecule is C1=COC(c2cccnc2-c2ccc3ccccc3n2)O1. The molecule has 4 heteroatoms. The normalized spacial score (nSPS) is 14.1. The molecule has 0 amide bonds. The Morgan fingerprint density at radius 2 is 1.71 bits per heavy atom. The fraction of sp³-hybridized carbons (Fsp3) is 0.0588. The lowest BCUT2D eigenvalue weighted by atomic mass is 10.1. The van der Waals surface area contributed by atoms with Gasteiger partial charge >= 0.3 is 0 Å². The van der Waals surface area contributed by atoms with E-state index >= 15 is 0 Å². The van der Waals surface area contributed by atoms with E-state index in [1.807, 2.05) is 48.5 Å². The first-order valence-electron chi connectivity index (χ1n) is 6.69. The fourth-order valence-corrected chi connectivity index (χ4v) is 2.41. The largest absolute Gasteiger partial charge is 0.455 e. The van der Waals surface area contributed by atoms with Crippen molar-refractivity contribution in [3.8, 4) is 11.4 Å². The lowest BCUT2D eigenvalue weighted by Gasteiger charge is -2.14. The van der Waals surface area contributed by atoms with E-state index in [2.05, 4.69) is 9.97 Å². The van der Waals surface area contributed by atoms with Crippen LogP contribution < -0.4 is 0 Å². The van der Waals surface area contributed by atoms with E-state index in [0.29, 0.717) is 0 Å². The predicted octanol–water partition coefficient (Wildman–Crippen LogP) is 3.81. The van der Waals surface area contributed by atoms with E-state index < -0.39 is 6.29 Å². The van der Waals surface area contributed by atoms with Crippen LogP contribution in [0.5, 0.6) is 0 Å². The average Bonchev–Trinajstić information content (AvgIpc) is 3.09. The van der Waals surface area contributed by atoms with Crippen molar-refractivity contribution in [2.24, 2.45) is 0 Å². The Morgan fingerprint density at radius 1 is 0.857 bits per heavy atom. The molecule has 0 N–H and O–H groups in total. The van der Waals surface area contributed by atoms with Gasteiger partial charge in [0.15, 0.2) is 0 Å². The Labute approximate surface area is 121 Å². The van der Waals surface area contributed by atoms with Crippen LogP contribution in [0, 0.1) is 0 Å². The lowest BCUT2D eigenvalue weighted by molar-refractivity contribution is -0.0243. The van der Waals surface area contributed by atoms with Gasteiger partial charge < -0.3 is 9.47 Å². The summed E-state index contributed by atoms with van der Waals surface area (Å²) in [6, 6.07) is 15.8. The molecule has 0 bridgehead atoms. The molecule has 0 aliphatic carbocycles. The van der Waals surface area contributed by atoms with Crippen LogP contribution in [0.15, 0.2) is 67.3 Å². The van der Waals surface area contributed by atoms with E-state index in [-0.39, 0.29) is 0 Å². The Hall–Kier alpha value is -2.88. The van der Waals surface area contributed by atoms with Crippen LogP contribution in [0.2, 0.25) is 0 Å². The molecule has 2 aromatic heterocycles. The third-order valence-electron chi connectivity index (χ3n) is 3.39. The second kappa shape index (κ2) is 4.90. The van der Waals surface area contributed by atoms with Crippen molar-refractivity contribution in [1.82, 2.24) is 9.97 Å². The molecule has 4 nitrogen and oxygen atoms in total. The van der Waals surface area contributed by atoms with Crippen molar-refractivity contribution in [2.45, 2.75) is 6.29 Å². The molecule has 3 heterocycles. The summed E-state index contributed by atoms with van der Waals surface area (Å²) in [6.07, 6.45) is 4.37. The average molecular weight is 276 g/mol. The highest BCUT2D eigenvalue weighted by Crippen LogP contribution is 2.31. The maximum Gasteiger partial charge on any atom is 0.268 e. The van der Waals surface area contributed by atoms with Gasteiger partial charge in [0.05, 0.1) is 22.5 Å². The van der Waals surface area contributed by atoms with Crippen LogP contribution in [0.1, 0.15) is 11.9 Å². The number of nitrogens with zero attached hydrogens (tertiary/aromatic N) is 2. The van der Waals surface area contributed by atoms with Gasteiger partial charge in [0.25, 0.3) is 6.29 Å². The third-order valence-corrected chi connectivity index (χ3v) is 3.39. The summed E-state index contributed by atoms with van der Waals surface area (Å²) in [7, 11) is 0. The molecule has 0 saturated heterocycles. The number of fused-ring (bicyclic) bond motifs is 1. The van der Waals surface area contributed by atoms with Gasteiger partial charge in [-0.15, -0.1) is 0 Å². The molecule has 0 spiro atoms. The number of para-hydroxylation sites is 1. The van der Waals surface area contributed by atoms with Crippen LogP contribution in [0.4, 0.5) is 0 Å². The highest BCUT2D eigenvalue weighted by molar-refractivity contribution is 5.81. The van der Waals surface area contributed by atoms with Crippen molar-refractivity contribution < 1.29 is 9.47 Å². The van der Waals surface area contributed by atoms with Gasteiger partial charge in [-0.05, 0) is 24.3 Å². The zero-order valence-electron chi connectivity index (χ0n) is 11.1. The number of pyridine rings is 2. The van der Waals surface area contributed by atoms with Crippen LogP contribution in [0.25, 0.3) is 22.3 Å². The van der Waals surface area contributed by atoms with Gasteiger partial charge in [0.2, 0.25) is 0 Å². The molecule has 0 saturated carbocycles. The second-order valence-corrected chi connectivity index (χ2v) is 4.71. The van der Waals surface area contributed by atoms with Crippen LogP contribution in [-0.4, -0.2) is 9.97 Å². The molecular weight excluding hydrogens is 264 g/mol. The van der Waals surface area contributed by atoms with Gasteiger partial charge in [0.1, 0.15) is 12.5 Å². The molecule has 0 radical (unpaired) electrons. The molecule has 1 aromatic carbocycles. The molecule has 1 aliphatic heterocycles. The minimum absolute atomic E-state index is 0.457. The quantitative estimate of drug-likeness (QED) is 0.714. The number of hydrogen-bond acceptors (Lipinski definition) is 4. The van der Waals surface area contributed by atoms with Crippen LogP contribution >= 0.6 is 0 Å². The van der Waals surface area contributed by atoms with Crippen molar-refractivity contribution in [3.05, 3.63) is 72.8 Å². The standard InChI is InChI=1S/C17H12N2O2/c1-2-6-14-12(4-1)7-8-15(19-14)16-13(5-3-9-18-16)17-20-10-11-21-17/h1-11,17H. The van der Waals surface area contributed by atoms with Crippen molar-refractivity contribution in [2.75, 3.05) is 0 Å². The van der Waals surface area contributed by atoms with E-state index in [9.17, 15) is 0 Å². The Kier molecular flexibility index (Phi) is 2.78. The zero-order chi connectivity index (χ0) is 14.1. The highest BCUT2D eigenvalue weighted by Gasteiger charge is 2.21. The van der Waals surface area contributed by atoms with Crippen LogP contribution in [-0.2, 0) is 9.47 Å². The van der Waals surface area contributed by atoms with Gasteiger partial charge in [0, 0.05) is 11.6 Å². The molecule has 4 rings (SSSR count). The summed E-state index contributed by atoms with van der Waals surface area (Å²) in [5.74, 6) is 0. The first kappa shape index (κ1) is 11.9. The van der Waals surface area contributed by atoms with Crippen molar-refractivity contribution in [3.63, 3.8) is 0 Å². The van der Waals surface area contributed by atoms with E-state index in [0.717, 1.165) is 27.9 Å². The summed E-state index contributed by atoms with van der Waals surface area (Å²) < 4.78 is 10.8. The number of aromatic nitrogens is 2. The molecule has 102 valence electrons. The maximum atomic E-state index is 5.42. The Balaban J connectivity index is 1.84. The smallest absolute Gasteiger partial charge is 0.268 e. The lowest BCUT2D eigenvalue weighted by Crippen LogP contribution is -2.02. The number of benzene rings is 1. The van der Waals surface area contributed by atoms with Crippen molar-refractivity contribution >= 4 is 10.9 Å². The van der Waals surface area contributed by atoms with E-state index in [4.69, 9.17) is 9.47 Å². The third kappa shape index (κ3) is 2.10. The van der Waals surface area contributed by atoms with Crippen LogP contribution in [0.3, 0.4) is 0 Å². The predicted molar refractivity (Wildman–Crippen MR) is 79.0 cm³/mol. The Bertz CT molecular complexity index is 822. The van der Waals surface area contributed by atoms with E-state index in [1.165, 1.54) is 12.5 Å². The first-order valence-corrected chi connectivity index (χ1v) is 6.69. The zero-order valence-corrected chi connectivity index (χ0v) is 11.1. The highest BCUT2D eigenvalue weighted by atomic mass is 16.7. The molecule has 0 unspecified atom stereocenters. The summed E-state index contributed by atoms with van der Waals surface area (Å²) in [6.45, 7) is 0. The summed E-state index contributed by atoms with van der Waals surface area (Å²) in [4.78, 5) is 9.13. The number of hydrogen-bond donors (Lipinski definition) is 0. The number of ether oxygens (including phenoxy) is 2. The summed E-state index contributed by atoms with van der Waals surface area (Å²) in [5, 5.41) is 1.11. The van der Waals surface area contributed by atoms with E-state index in [1.54, 1.807) is 6.20 Å². The summed E-state index contributed by atoms with van der Waals surface area (Å²) >= 11 is 0. The van der Waals surface area contributed by atoms with Gasteiger partial charge in [-0.1, -0.05) is 24.3 Å². The summed E-state index contributed by atoms with van der Waals surface area (Å²) in [5.41, 5.74) is 3.39. The van der Waals surface area contributed by atoms with Gasteiger partial charge in [-0.25, -0.2) is 4.98 Å². The minimum Gasteiger partial charge on any atom is -0.455 e. The maximum absolute atomic E-state index is 5.42. The molecule has 1 aliphatic rings. The first-order chi connectivity index (χ1) is 10.4.